The summed E-state index contributed by atoms with van der Waals surface area (Å²) in [5, 5.41) is 0.121. The number of amides is 1. The predicted octanol–water partition coefficient (Wildman–Crippen LogP) is 4.14. The topological polar surface area (TPSA) is 67.3 Å². The van der Waals surface area contributed by atoms with E-state index in [-0.39, 0.29) is 26.6 Å². The van der Waals surface area contributed by atoms with Gasteiger partial charge in [-0.25, -0.2) is 12.8 Å². The van der Waals surface area contributed by atoms with Crippen LogP contribution in [0.25, 0.3) is 10.9 Å². The van der Waals surface area contributed by atoms with Gasteiger partial charge in [0.1, 0.15) is 5.82 Å². The number of halogens is 1. The van der Waals surface area contributed by atoms with Crippen molar-refractivity contribution >= 4 is 26.6 Å². The zero-order valence-corrected chi connectivity index (χ0v) is 16.9. The van der Waals surface area contributed by atoms with Gasteiger partial charge in [-0.05, 0) is 56.0 Å². The van der Waals surface area contributed by atoms with Gasteiger partial charge < -0.3 is 4.90 Å². The lowest BCUT2D eigenvalue weighted by Crippen LogP contribution is -2.36. The molecule has 1 saturated heterocycles. The fraction of sp³-hybridized carbons (Fsp3) is 0.273. The van der Waals surface area contributed by atoms with Crippen LogP contribution in [0.2, 0.25) is 0 Å². The molecule has 0 saturated carbocycles. The van der Waals surface area contributed by atoms with Crippen LogP contribution >= 0.6 is 0 Å². The highest BCUT2D eigenvalue weighted by atomic mass is 32.2. The highest BCUT2D eigenvalue weighted by Crippen LogP contribution is 2.33. The van der Waals surface area contributed by atoms with Gasteiger partial charge in [0.2, 0.25) is 9.84 Å². The third-order valence-corrected chi connectivity index (χ3v) is 7.32. The second-order valence-electron chi connectivity index (χ2n) is 7.28. The number of pyridine rings is 1. The van der Waals surface area contributed by atoms with Crippen LogP contribution in [0.4, 0.5) is 4.39 Å². The summed E-state index contributed by atoms with van der Waals surface area (Å²) in [4.78, 5) is 19.1. The summed E-state index contributed by atoms with van der Waals surface area (Å²) >= 11 is 0. The molecule has 1 aliphatic rings. The van der Waals surface area contributed by atoms with Crippen molar-refractivity contribution in [2.24, 2.45) is 0 Å². The van der Waals surface area contributed by atoms with Crippen LogP contribution in [-0.2, 0) is 9.84 Å². The van der Waals surface area contributed by atoms with Crippen LogP contribution in [0.1, 0.15) is 35.2 Å². The van der Waals surface area contributed by atoms with E-state index in [1.54, 1.807) is 30.0 Å². The van der Waals surface area contributed by atoms with E-state index in [9.17, 15) is 17.6 Å². The molecule has 0 radical (unpaired) electrons. The Balaban J connectivity index is 2.00. The molecular weight excluding hydrogens is 391 g/mol. The molecule has 0 N–H and O–H groups in total. The fourth-order valence-electron chi connectivity index (χ4n) is 3.82. The summed E-state index contributed by atoms with van der Waals surface area (Å²) in [7, 11) is -4.08. The molecule has 2 aromatic carbocycles. The summed E-state index contributed by atoms with van der Waals surface area (Å²) in [5.41, 5.74) is 0.882. The predicted molar refractivity (Wildman–Crippen MR) is 108 cm³/mol. The molecule has 0 spiro atoms. The zero-order valence-electron chi connectivity index (χ0n) is 16.1. The second kappa shape index (κ2) is 7.55. The molecule has 3 aromatic rings. The van der Waals surface area contributed by atoms with Crippen molar-refractivity contribution in [1.29, 1.82) is 0 Å². The Morgan fingerprint density at radius 1 is 1.07 bits per heavy atom. The lowest BCUT2D eigenvalue weighted by molar-refractivity contribution is 0.0720. The first-order chi connectivity index (χ1) is 13.9. The van der Waals surface area contributed by atoms with Crippen LogP contribution in [0.5, 0.6) is 0 Å². The monoisotopic (exact) mass is 412 g/mol. The van der Waals surface area contributed by atoms with Crippen molar-refractivity contribution < 1.29 is 17.6 Å². The first kappa shape index (κ1) is 19.5. The van der Waals surface area contributed by atoms with Crippen molar-refractivity contribution in [2.75, 3.05) is 13.1 Å². The van der Waals surface area contributed by atoms with Crippen molar-refractivity contribution in [3.8, 4) is 0 Å². The first-order valence-corrected chi connectivity index (χ1v) is 11.1. The molecule has 0 bridgehead atoms. The molecule has 0 aliphatic carbocycles. The minimum absolute atomic E-state index is 0.00625. The highest BCUT2D eigenvalue weighted by molar-refractivity contribution is 7.91. The molecule has 2 heterocycles. The minimum Gasteiger partial charge on any atom is -0.339 e. The summed E-state index contributed by atoms with van der Waals surface area (Å²) in [6.45, 7) is 2.84. The number of fused-ring (bicyclic) bond motifs is 1. The summed E-state index contributed by atoms with van der Waals surface area (Å²) in [5.74, 6) is -0.960. The molecule has 4 rings (SSSR count). The maximum atomic E-state index is 14.1. The van der Waals surface area contributed by atoms with E-state index in [0.717, 1.165) is 25.3 Å². The fourth-order valence-corrected chi connectivity index (χ4v) is 5.67. The van der Waals surface area contributed by atoms with Gasteiger partial charge in [0, 0.05) is 24.7 Å². The van der Waals surface area contributed by atoms with E-state index >= 15 is 0 Å². The molecule has 5 nitrogen and oxygen atoms in total. The van der Waals surface area contributed by atoms with E-state index in [0.29, 0.717) is 24.2 Å². The highest BCUT2D eigenvalue weighted by Gasteiger charge is 2.31. The largest absolute Gasteiger partial charge is 0.339 e. The Kier molecular flexibility index (Phi) is 5.08. The number of piperidine rings is 1. The van der Waals surface area contributed by atoms with Gasteiger partial charge in [-0.3, -0.25) is 9.78 Å². The molecule has 1 aliphatic heterocycles. The van der Waals surface area contributed by atoms with E-state index in [1.807, 2.05) is 0 Å². The molecule has 0 unspecified atom stereocenters. The third-order valence-electron chi connectivity index (χ3n) is 5.31. The lowest BCUT2D eigenvalue weighted by atomic mass is 10.1. The van der Waals surface area contributed by atoms with Gasteiger partial charge in [-0.15, -0.1) is 0 Å². The Bertz CT molecular complexity index is 1200. The van der Waals surface area contributed by atoms with Crippen LogP contribution in [0.3, 0.4) is 0 Å². The van der Waals surface area contributed by atoms with Crippen LogP contribution in [0.15, 0.2) is 58.5 Å². The summed E-state index contributed by atoms with van der Waals surface area (Å²) in [6.07, 6.45) is 4.10. The number of benzene rings is 2. The Labute approximate surface area is 169 Å². The lowest BCUT2D eigenvalue weighted by Gasteiger charge is -2.27. The van der Waals surface area contributed by atoms with Gasteiger partial charge in [0.15, 0.2) is 0 Å². The normalized spacial score (nSPS) is 14.9. The average molecular weight is 412 g/mol. The SMILES string of the molecule is Cc1ccccc1S(=O)(=O)c1c(C(=O)N2CCCCC2)cnc2ccc(F)cc12. The number of nitrogens with zero attached hydrogens (tertiary/aromatic N) is 2. The number of carbonyl (C=O) groups excluding carboxylic acids is 1. The van der Waals surface area contributed by atoms with Crippen LogP contribution in [0, 0.1) is 12.7 Å². The van der Waals surface area contributed by atoms with Crippen molar-refractivity contribution in [2.45, 2.75) is 36.0 Å². The number of aryl methyl sites for hydroxylation is 1. The van der Waals surface area contributed by atoms with Gasteiger partial charge in [-0.1, -0.05) is 18.2 Å². The molecule has 1 amide bonds. The Morgan fingerprint density at radius 2 is 1.79 bits per heavy atom. The van der Waals surface area contributed by atoms with Crippen molar-refractivity contribution in [3.63, 3.8) is 0 Å². The van der Waals surface area contributed by atoms with Crippen LogP contribution < -0.4 is 0 Å². The van der Waals surface area contributed by atoms with Gasteiger partial charge in [0.05, 0.1) is 20.9 Å². The smallest absolute Gasteiger partial charge is 0.256 e. The number of hydrogen-bond acceptors (Lipinski definition) is 4. The maximum absolute atomic E-state index is 14.1. The number of carbonyl (C=O) groups is 1. The van der Waals surface area contributed by atoms with Gasteiger partial charge in [0.25, 0.3) is 5.91 Å². The standard InChI is InChI=1S/C22H21FN2O3S/c1-15-7-3-4-8-20(15)29(27,28)21-17-13-16(23)9-10-19(17)24-14-18(21)22(26)25-11-5-2-6-12-25/h3-4,7-10,13-14H,2,5-6,11-12H2,1H3. The number of aromatic nitrogens is 1. The number of sulfone groups is 1. The Morgan fingerprint density at radius 3 is 2.52 bits per heavy atom. The number of hydrogen-bond donors (Lipinski definition) is 0. The van der Waals surface area contributed by atoms with Gasteiger partial charge in [-0.2, -0.15) is 0 Å². The molecule has 7 heteroatoms. The Hall–Kier alpha value is -2.80. The summed E-state index contributed by atoms with van der Waals surface area (Å²) in [6, 6.07) is 10.4. The molecule has 1 fully saturated rings. The molecule has 150 valence electrons. The van der Waals surface area contributed by atoms with Gasteiger partial charge >= 0.3 is 0 Å². The average Bonchev–Trinajstić information content (AvgIpc) is 2.73. The van der Waals surface area contributed by atoms with Crippen molar-refractivity contribution in [1.82, 2.24) is 9.88 Å². The number of rotatable bonds is 3. The first-order valence-electron chi connectivity index (χ1n) is 9.58. The molecule has 1 aromatic heterocycles. The van der Waals surface area contributed by atoms with E-state index in [4.69, 9.17) is 0 Å². The van der Waals surface area contributed by atoms with Crippen LogP contribution in [-0.4, -0.2) is 37.3 Å². The quantitative estimate of drug-likeness (QED) is 0.648. The van der Waals surface area contributed by atoms with E-state index < -0.39 is 15.7 Å². The van der Waals surface area contributed by atoms with E-state index in [2.05, 4.69) is 4.98 Å². The zero-order chi connectivity index (χ0) is 20.6. The molecule has 0 atom stereocenters. The minimum atomic E-state index is -4.08. The third kappa shape index (κ3) is 3.51. The van der Waals surface area contributed by atoms with E-state index in [1.165, 1.54) is 24.4 Å². The molecular formula is C22H21FN2O3S. The summed E-state index contributed by atoms with van der Waals surface area (Å²) < 4.78 is 41.4. The second-order valence-corrected chi connectivity index (χ2v) is 9.14. The number of likely N-dealkylation sites (tertiary alicyclic amines) is 1. The molecule has 29 heavy (non-hydrogen) atoms. The maximum Gasteiger partial charge on any atom is 0.256 e. The van der Waals surface area contributed by atoms with Crippen molar-refractivity contribution in [3.05, 3.63) is 65.6 Å².